The fourth-order valence-electron chi connectivity index (χ4n) is 3.74. The lowest BCUT2D eigenvalue weighted by atomic mass is 9.95. The average molecular weight is 341 g/mol. The molecule has 132 valence electrons. The molecule has 6 heteroatoms. The maximum Gasteiger partial charge on any atom is 0.272 e. The van der Waals surface area contributed by atoms with Gasteiger partial charge in [-0.15, -0.1) is 0 Å². The zero-order valence-electron chi connectivity index (χ0n) is 14.4. The number of benzene rings is 1. The van der Waals surface area contributed by atoms with Crippen molar-refractivity contribution in [2.24, 2.45) is 5.92 Å². The van der Waals surface area contributed by atoms with Crippen molar-refractivity contribution < 1.29 is 14.3 Å². The standard InChI is InChI=1S/C19H23N3O3/c1-24-16-8-4-5-13-9-12(11-25-18(13)16)10-20-19(23)17-14-6-2-3-7-15(14)21-22-17/h4-5,8,12H,2-3,6-7,9-11H2,1H3,(H,20,23)(H,21,22). The van der Waals surface area contributed by atoms with E-state index in [-0.39, 0.29) is 11.8 Å². The van der Waals surface area contributed by atoms with Crippen LogP contribution in [-0.2, 0) is 19.3 Å². The van der Waals surface area contributed by atoms with Crippen molar-refractivity contribution in [3.63, 3.8) is 0 Å². The highest BCUT2D eigenvalue weighted by Gasteiger charge is 2.25. The summed E-state index contributed by atoms with van der Waals surface area (Å²) in [6.07, 6.45) is 5.09. The molecule has 2 aliphatic rings. The Kier molecular flexibility index (Phi) is 4.34. The average Bonchev–Trinajstić information content (AvgIpc) is 3.09. The minimum absolute atomic E-state index is 0.0872. The Bertz CT molecular complexity index is 784. The van der Waals surface area contributed by atoms with Crippen LogP contribution in [0.3, 0.4) is 0 Å². The van der Waals surface area contributed by atoms with Gasteiger partial charge in [-0.25, -0.2) is 0 Å². The fourth-order valence-corrected chi connectivity index (χ4v) is 3.74. The molecular weight excluding hydrogens is 318 g/mol. The predicted molar refractivity (Wildman–Crippen MR) is 93.2 cm³/mol. The van der Waals surface area contributed by atoms with E-state index in [4.69, 9.17) is 9.47 Å². The molecule has 1 aromatic heterocycles. The monoisotopic (exact) mass is 341 g/mol. The molecule has 0 spiro atoms. The van der Waals surface area contributed by atoms with Crippen LogP contribution < -0.4 is 14.8 Å². The number of amides is 1. The molecule has 2 N–H and O–H groups in total. The summed E-state index contributed by atoms with van der Waals surface area (Å²) >= 11 is 0. The molecular formula is C19H23N3O3. The predicted octanol–water partition coefficient (Wildman–Crippen LogP) is 2.28. The molecule has 0 saturated heterocycles. The van der Waals surface area contributed by atoms with E-state index in [2.05, 4.69) is 21.6 Å². The van der Waals surface area contributed by atoms with Crippen LogP contribution in [0.1, 0.15) is 40.2 Å². The molecule has 25 heavy (non-hydrogen) atoms. The number of fused-ring (bicyclic) bond motifs is 2. The number of ether oxygens (including phenoxy) is 2. The van der Waals surface area contributed by atoms with E-state index in [0.29, 0.717) is 18.8 Å². The van der Waals surface area contributed by atoms with Crippen LogP contribution in [0.2, 0.25) is 0 Å². The van der Waals surface area contributed by atoms with Crippen molar-refractivity contribution in [3.05, 3.63) is 40.7 Å². The Morgan fingerprint density at radius 2 is 2.28 bits per heavy atom. The smallest absolute Gasteiger partial charge is 0.272 e. The number of nitrogens with zero attached hydrogens (tertiary/aromatic N) is 1. The normalized spacial score (nSPS) is 18.7. The number of aromatic amines is 1. The Morgan fingerprint density at radius 3 is 3.16 bits per heavy atom. The maximum atomic E-state index is 12.5. The number of H-pyrrole nitrogens is 1. The van der Waals surface area contributed by atoms with Crippen molar-refractivity contribution in [1.29, 1.82) is 0 Å². The van der Waals surface area contributed by atoms with Gasteiger partial charge in [-0.1, -0.05) is 12.1 Å². The number of methoxy groups -OCH3 is 1. The third kappa shape index (κ3) is 3.08. The number of para-hydroxylation sites is 1. The second-order valence-electron chi connectivity index (χ2n) is 6.78. The van der Waals surface area contributed by atoms with Gasteiger partial charge in [0, 0.05) is 23.7 Å². The Morgan fingerprint density at radius 1 is 1.40 bits per heavy atom. The quantitative estimate of drug-likeness (QED) is 0.894. The van der Waals surface area contributed by atoms with Gasteiger partial charge in [-0.05, 0) is 43.7 Å². The van der Waals surface area contributed by atoms with E-state index in [1.54, 1.807) is 7.11 Å². The van der Waals surface area contributed by atoms with Gasteiger partial charge in [0.2, 0.25) is 0 Å². The first-order chi connectivity index (χ1) is 12.3. The first kappa shape index (κ1) is 16.0. The number of carbonyl (C=O) groups excluding carboxylic acids is 1. The lowest BCUT2D eigenvalue weighted by molar-refractivity contribution is 0.0932. The molecule has 1 amide bonds. The summed E-state index contributed by atoms with van der Waals surface area (Å²) < 4.78 is 11.2. The summed E-state index contributed by atoms with van der Waals surface area (Å²) in [5.74, 6) is 1.76. The Balaban J connectivity index is 1.39. The topological polar surface area (TPSA) is 76.2 Å². The molecule has 0 saturated carbocycles. The summed E-state index contributed by atoms with van der Waals surface area (Å²) in [6, 6.07) is 5.93. The molecule has 0 bridgehead atoms. The third-order valence-electron chi connectivity index (χ3n) is 5.08. The first-order valence-electron chi connectivity index (χ1n) is 8.89. The van der Waals surface area contributed by atoms with Crippen LogP contribution in [0.5, 0.6) is 11.5 Å². The largest absolute Gasteiger partial charge is 0.493 e. The first-order valence-corrected chi connectivity index (χ1v) is 8.89. The van der Waals surface area contributed by atoms with Crippen LogP contribution in [0.25, 0.3) is 0 Å². The van der Waals surface area contributed by atoms with Crippen LogP contribution in [0.15, 0.2) is 18.2 Å². The second-order valence-corrected chi connectivity index (χ2v) is 6.78. The van der Waals surface area contributed by atoms with Gasteiger partial charge < -0.3 is 14.8 Å². The number of rotatable bonds is 4. The summed E-state index contributed by atoms with van der Waals surface area (Å²) in [5, 5.41) is 10.3. The van der Waals surface area contributed by atoms with Crippen molar-refractivity contribution >= 4 is 5.91 Å². The number of aromatic nitrogens is 2. The molecule has 1 unspecified atom stereocenters. The van der Waals surface area contributed by atoms with Crippen LogP contribution in [0.4, 0.5) is 0 Å². The van der Waals surface area contributed by atoms with E-state index in [1.807, 2.05) is 12.1 Å². The summed E-state index contributed by atoms with van der Waals surface area (Å²) in [4.78, 5) is 12.5. The molecule has 1 aliphatic heterocycles. The molecule has 1 aliphatic carbocycles. The molecule has 1 atom stereocenters. The SMILES string of the molecule is COc1cccc2c1OCC(CNC(=O)c1n[nH]c3c1CCCC3)C2. The Hall–Kier alpha value is -2.50. The van der Waals surface area contributed by atoms with Crippen LogP contribution in [-0.4, -0.2) is 36.4 Å². The van der Waals surface area contributed by atoms with Crippen molar-refractivity contribution in [2.45, 2.75) is 32.1 Å². The van der Waals surface area contributed by atoms with Gasteiger partial charge in [0.1, 0.15) is 0 Å². The van der Waals surface area contributed by atoms with Gasteiger partial charge in [-0.3, -0.25) is 9.89 Å². The molecule has 0 radical (unpaired) electrons. The minimum Gasteiger partial charge on any atom is -0.493 e. The van der Waals surface area contributed by atoms with Gasteiger partial charge in [0.15, 0.2) is 17.2 Å². The van der Waals surface area contributed by atoms with E-state index in [9.17, 15) is 4.79 Å². The number of nitrogens with one attached hydrogen (secondary N) is 2. The highest BCUT2D eigenvalue weighted by Crippen LogP contribution is 2.35. The van der Waals surface area contributed by atoms with Gasteiger partial charge in [0.05, 0.1) is 13.7 Å². The van der Waals surface area contributed by atoms with Crippen LogP contribution in [0, 0.1) is 5.92 Å². The maximum absolute atomic E-state index is 12.5. The highest BCUT2D eigenvalue weighted by molar-refractivity contribution is 5.94. The highest BCUT2D eigenvalue weighted by atomic mass is 16.5. The molecule has 2 heterocycles. The zero-order chi connectivity index (χ0) is 17.2. The molecule has 2 aromatic rings. The summed E-state index contributed by atoms with van der Waals surface area (Å²) in [7, 11) is 1.65. The second kappa shape index (κ2) is 6.78. The van der Waals surface area contributed by atoms with Crippen molar-refractivity contribution in [2.75, 3.05) is 20.3 Å². The van der Waals surface area contributed by atoms with Gasteiger partial charge >= 0.3 is 0 Å². The molecule has 0 fully saturated rings. The van der Waals surface area contributed by atoms with Gasteiger partial charge in [0.25, 0.3) is 5.91 Å². The lowest BCUT2D eigenvalue weighted by Gasteiger charge is -2.26. The van der Waals surface area contributed by atoms with Crippen LogP contribution >= 0.6 is 0 Å². The van der Waals surface area contributed by atoms with E-state index >= 15 is 0 Å². The molecule has 6 nitrogen and oxygen atoms in total. The molecule has 4 rings (SSSR count). The molecule has 1 aromatic carbocycles. The summed E-state index contributed by atoms with van der Waals surface area (Å²) in [6.45, 7) is 1.16. The minimum atomic E-state index is -0.0872. The lowest BCUT2D eigenvalue weighted by Crippen LogP contribution is -2.35. The number of aryl methyl sites for hydroxylation is 1. The zero-order valence-corrected chi connectivity index (χ0v) is 14.4. The van der Waals surface area contributed by atoms with E-state index in [0.717, 1.165) is 54.0 Å². The van der Waals surface area contributed by atoms with E-state index in [1.165, 1.54) is 6.42 Å². The number of carbonyl (C=O) groups is 1. The van der Waals surface area contributed by atoms with Crippen molar-refractivity contribution in [3.8, 4) is 11.5 Å². The van der Waals surface area contributed by atoms with E-state index < -0.39 is 0 Å². The van der Waals surface area contributed by atoms with Gasteiger partial charge in [-0.2, -0.15) is 5.10 Å². The third-order valence-corrected chi connectivity index (χ3v) is 5.08. The number of hydrogen-bond acceptors (Lipinski definition) is 4. The van der Waals surface area contributed by atoms with Crippen molar-refractivity contribution in [1.82, 2.24) is 15.5 Å². The summed E-state index contributed by atoms with van der Waals surface area (Å²) in [5.41, 5.74) is 3.91. The Labute approximate surface area is 146 Å². The fraction of sp³-hybridized carbons (Fsp3) is 0.474. The number of hydrogen-bond donors (Lipinski definition) is 2.